The van der Waals surface area contributed by atoms with Crippen LogP contribution in [0.1, 0.15) is 0 Å². The van der Waals surface area contributed by atoms with Crippen molar-refractivity contribution in [3.05, 3.63) is 60.9 Å². The summed E-state index contributed by atoms with van der Waals surface area (Å²) in [6.45, 7) is 3.07. The Morgan fingerprint density at radius 2 is 1.76 bits per heavy atom. The van der Waals surface area contributed by atoms with Crippen molar-refractivity contribution in [3.63, 3.8) is 0 Å². The van der Waals surface area contributed by atoms with Crippen LogP contribution in [-0.4, -0.2) is 66.1 Å². The largest absolute Gasteiger partial charge is 0.510 e. The molecule has 0 radical (unpaired) electrons. The highest BCUT2D eigenvalue weighted by Crippen LogP contribution is 2.30. The summed E-state index contributed by atoms with van der Waals surface area (Å²) in [7, 11) is 0. The topological polar surface area (TPSA) is 142 Å². The molecule has 0 saturated heterocycles. The Labute approximate surface area is 170 Å². The fraction of sp³-hybridized carbons (Fsp3) is 0.200. The first kappa shape index (κ1) is 21.0. The lowest BCUT2D eigenvalue weighted by Gasteiger charge is -2.23. The minimum atomic E-state index is -1.83. The van der Waals surface area contributed by atoms with Crippen LogP contribution in [0.4, 0.5) is 5.95 Å². The molecule has 29 heavy (non-hydrogen) atoms. The van der Waals surface area contributed by atoms with E-state index in [1.165, 1.54) is 0 Å². The quantitative estimate of drug-likeness (QED) is 0.244. The van der Waals surface area contributed by atoms with E-state index in [0.29, 0.717) is 5.52 Å². The maximum Gasteiger partial charge on any atom is 0.227 e. The van der Waals surface area contributed by atoms with Gasteiger partial charge in [0.25, 0.3) is 0 Å². The van der Waals surface area contributed by atoms with Crippen molar-refractivity contribution in [2.75, 3.05) is 0 Å². The zero-order valence-electron chi connectivity index (χ0n) is 15.3. The summed E-state index contributed by atoms with van der Waals surface area (Å²) in [5.41, 5.74) is 1.43. The van der Waals surface area contributed by atoms with Crippen molar-refractivity contribution in [2.24, 2.45) is 4.99 Å². The number of aliphatic hydroxyl groups excluding tert-OH is 5. The predicted molar refractivity (Wildman–Crippen MR) is 111 cm³/mol. The molecule has 4 atom stereocenters. The number of hydrogen-bond acceptors (Lipinski definition) is 8. The number of aliphatic hydroxyl groups is 5. The van der Waals surface area contributed by atoms with E-state index in [2.05, 4.69) is 21.5 Å². The zero-order chi connectivity index (χ0) is 21.0. The van der Waals surface area contributed by atoms with E-state index in [4.69, 9.17) is 5.11 Å². The fourth-order valence-electron chi connectivity index (χ4n) is 2.55. The molecule has 1 heterocycles. The predicted octanol–water partition coefficient (Wildman–Crippen LogP) is 1.93. The monoisotopic (exact) mass is 415 g/mol. The van der Waals surface area contributed by atoms with Crippen LogP contribution in [0.15, 0.2) is 75.7 Å². The second-order valence-electron chi connectivity index (χ2n) is 6.34. The Morgan fingerprint density at radius 1 is 1.03 bits per heavy atom. The molecule has 152 valence electrons. The molecule has 0 aliphatic heterocycles. The third-order valence-electron chi connectivity index (χ3n) is 4.13. The number of imidazole rings is 1. The molecule has 0 saturated carbocycles. The number of rotatable bonds is 8. The Hall–Kier alpha value is -2.69. The van der Waals surface area contributed by atoms with Gasteiger partial charge in [-0.2, -0.15) is 0 Å². The Morgan fingerprint density at radius 3 is 2.45 bits per heavy atom. The van der Waals surface area contributed by atoms with E-state index in [1.54, 1.807) is 11.8 Å². The van der Waals surface area contributed by atoms with E-state index in [0.717, 1.165) is 21.5 Å². The number of nitrogens with one attached hydrogen (secondary N) is 1. The van der Waals surface area contributed by atoms with Gasteiger partial charge in [-0.1, -0.05) is 36.5 Å². The number of aromatic nitrogens is 2. The van der Waals surface area contributed by atoms with Gasteiger partial charge in [-0.3, -0.25) is 0 Å². The van der Waals surface area contributed by atoms with Crippen molar-refractivity contribution in [2.45, 2.75) is 34.2 Å². The van der Waals surface area contributed by atoms with Crippen LogP contribution < -0.4 is 0 Å². The van der Waals surface area contributed by atoms with Crippen molar-refractivity contribution >= 4 is 35.0 Å². The molecular formula is C20H21N3O5S. The first-order valence-corrected chi connectivity index (χ1v) is 9.53. The number of hydrogen-bond donors (Lipinski definition) is 6. The third kappa shape index (κ3) is 5.22. The number of H-pyrrole nitrogens is 1. The normalized spacial score (nSPS) is 16.0. The van der Waals surface area contributed by atoms with Gasteiger partial charge >= 0.3 is 0 Å². The average Bonchev–Trinajstić information content (AvgIpc) is 3.13. The van der Waals surface area contributed by atoms with E-state index in [1.807, 2.05) is 48.5 Å². The minimum absolute atomic E-state index is 0.203. The molecule has 3 rings (SSSR count). The number of aliphatic imine (C=N–C) groups is 1. The summed E-state index contributed by atoms with van der Waals surface area (Å²) in [4.78, 5) is 13.4. The number of fused-ring (bicyclic) bond motifs is 1. The fourth-order valence-corrected chi connectivity index (χ4v) is 3.42. The lowest BCUT2D eigenvalue weighted by atomic mass is 10.0. The molecule has 0 spiro atoms. The van der Waals surface area contributed by atoms with Gasteiger partial charge in [-0.25, -0.2) is 9.98 Å². The highest BCUT2D eigenvalue weighted by molar-refractivity contribution is 7.99. The lowest BCUT2D eigenvalue weighted by molar-refractivity contribution is -0.0854. The first-order valence-electron chi connectivity index (χ1n) is 8.72. The van der Waals surface area contributed by atoms with Gasteiger partial charge in [-0.15, -0.1) is 0 Å². The van der Waals surface area contributed by atoms with E-state index >= 15 is 0 Å². The molecule has 6 N–H and O–H groups in total. The van der Waals surface area contributed by atoms with Crippen molar-refractivity contribution in [3.8, 4) is 0 Å². The van der Waals surface area contributed by atoms with Crippen LogP contribution in [-0.2, 0) is 0 Å². The zero-order valence-corrected chi connectivity index (χ0v) is 16.1. The van der Waals surface area contributed by atoms with Crippen LogP contribution >= 0.6 is 11.8 Å². The van der Waals surface area contributed by atoms with Crippen molar-refractivity contribution in [1.29, 1.82) is 0 Å². The SMILES string of the molecule is C=C(O)C(O)C(O)C(O)C(O)C=Nc1nc2ccc(Sc3ccccc3)cc2[nH]1. The molecule has 1 aromatic heterocycles. The van der Waals surface area contributed by atoms with E-state index in [9.17, 15) is 20.4 Å². The molecule has 0 bridgehead atoms. The van der Waals surface area contributed by atoms with Crippen molar-refractivity contribution in [1.82, 2.24) is 9.97 Å². The summed E-state index contributed by atoms with van der Waals surface area (Å²) in [5.74, 6) is -0.517. The van der Waals surface area contributed by atoms with Crippen LogP contribution in [0.3, 0.4) is 0 Å². The summed E-state index contributed by atoms with van der Waals surface area (Å²) in [5, 5.41) is 48.1. The number of benzene rings is 2. The minimum Gasteiger partial charge on any atom is -0.510 e. The molecule has 0 fully saturated rings. The van der Waals surface area contributed by atoms with Crippen LogP contribution in [0.25, 0.3) is 11.0 Å². The highest BCUT2D eigenvalue weighted by atomic mass is 32.2. The maximum atomic E-state index is 9.94. The molecule has 2 aromatic carbocycles. The lowest BCUT2D eigenvalue weighted by Crippen LogP contribution is -2.45. The Balaban J connectivity index is 1.70. The number of nitrogens with zero attached hydrogens (tertiary/aromatic N) is 2. The molecule has 0 amide bonds. The van der Waals surface area contributed by atoms with Gasteiger partial charge in [0.15, 0.2) is 0 Å². The standard InChI is InChI=1S/C20H21N3O5S/c1-11(24)17(26)19(28)18(27)16(25)10-21-20-22-14-8-7-13(9-15(14)23-20)29-12-5-3-2-4-6-12/h2-10,16-19,24-28H,1H2,(H,22,23). The van der Waals surface area contributed by atoms with Gasteiger partial charge in [0, 0.05) is 16.0 Å². The second-order valence-corrected chi connectivity index (χ2v) is 7.49. The average molecular weight is 415 g/mol. The van der Waals surface area contributed by atoms with Crippen LogP contribution in [0.2, 0.25) is 0 Å². The van der Waals surface area contributed by atoms with Crippen molar-refractivity contribution < 1.29 is 25.5 Å². The third-order valence-corrected chi connectivity index (χ3v) is 5.13. The number of aromatic amines is 1. The molecule has 0 aliphatic carbocycles. The van der Waals surface area contributed by atoms with Crippen LogP contribution in [0.5, 0.6) is 0 Å². The van der Waals surface area contributed by atoms with Crippen LogP contribution in [0, 0.1) is 0 Å². The summed E-state index contributed by atoms with van der Waals surface area (Å²) in [6, 6.07) is 15.6. The maximum absolute atomic E-state index is 9.94. The van der Waals surface area contributed by atoms with Gasteiger partial charge < -0.3 is 30.5 Å². The highest BCUT2D eigenvalue weighted by Gasteiger charge is 2.31. The second kappa shape index (κ2) is 9.21. The molecular weight excluding hydrogens is 394 g/mol. The molecule has 9 heteroatoms. The Bertz CT molecular complexity index is 1010. The van der Waals surface area contributed by atoms with E-state index < -0.39 is 30.2 Å². The van der Waals surface area contributed by atoms with Gasteiger partial charge in [-0.05, 0) is 30.3 Å². The van der Waals surface area contributed by atoms with Gasteiger partial charge in [0.2, 0.25) is 5.95 Å². The molecule has 3 aromatic rings. The summed E-state index contributed by atoms with van der Waals surface area (Å²) < 4.78 is 0. The summed E-state index contributed by atoms with van der Waals surface area (Å²) >= 11 is 1.60. The van der Waals surface area contributed by atoms with Gasteiger partial charge in [0.05, 0.1) is 11.0 Å². The Kier molecular flexibility index (Phi) is 6.68. The summed E-state index contributed by atoms with van der Waals surface area (Å²) in [6.07, 6.45) is -6.02. The smallest absolute Gasteiger partial charge is 0.227 e. The van der Waals surface area contributed by atoms with E-state index in [-0.39, 0.29) is 5.95 Å². The molecule has 4 unspecified atom stereocenters. The molecule has 8 nitrogen and oxygen atoms in total. The van der Waals surface area contributed by atoms with Gasteiger partial charge in [0.1, 0.15) is 30.2 Å². The molecule has 0 aliphatic rings. The first-order chi connectivity index (χ1) is 13.8.